The average Bonchev–Trinajstić information content (AvgIpc) is 2.75. The lowest BCUT2D eigenvalue weighted by Gasteiger charge is -2.17. The first kappa shape index (κ1) is 19.5. The van der Waals surface area contributed by atoms with E-state index in [-0.39, 0.29) is 17.2 Å². The van der Waals surface area contributed by atoms with Crippen molar-refractivity contribution in [2.75, 3.05) is 6.61 Å². The number of hydrogen-bond donors (Lipinski definition) is 1. The van der Waals surface area contributed by atoms with Gasteiger partial charge in [0.2, 0.25) is 0 Å². The van der Waals surface area contributed by atoms with Crippen LogP contribution in [0.3, 0.4) is 0 Å². The number of rotatable bonds is 8. The molecule has 0 amide bonds. The Kier molecular flexibility index (Phi) is 6.71. The third kappa shape index (κ3) is 4.93. The number of aliphatic hydroxyl groups excluding tert-OH is 1. The molecule has 0 spiro atoms. The Hall–Kier alpha value is -3.24. The summed E-state index contributed by atoms with van der Waals surface area (Å²) in [5.41, 5.74) is 5.62. The Bertz CT molecular complexity index is 933. The topological polar surface area (TPSA) is 63.4 Å². The van der Waals surface area contributed by atoms with Gasteiger partial charge in [-0.3, -0.25) is 10.1 Å². The van der Waals surface area contributed by atoms with Crippen molar-refractivity contribution in [1.29, 1.82) is 0 Å². The maximum absolute atomic E-state index is 11.0. The van der Waals surface area contributed by atoms with Crippen LogP contribution in [0.15, 0.2) is 84.9 Å². The molecule has 4 nitrogen and oxygen atoms in total. The number of non-ortho nitro benzene ring substituents is 1. The fourth-order valence-corrected chi connectivity index (χ4v) is 3.33. The normalized spacial score (nSPS) is 11.8. The Labute approximate surface area is 164 Å². The lowest BCUT2D eigenvalue weighted by Crippen LogP contribution is -1.99. The van der Waals surface area contributed by atoms with E-state index in [1.807, 2.05) is 48.5 Å². The minimum atomic E-state index is -0.381. The lowest BCUT2D eigenvalue weighted by molar-refractivity contribution is -0.384. The van der Waals surface area contributed by atoms with E-state index in [9.17, 15) is 15.2 Å². The van der Waals surface area contributed by atoms with Crippen molar-refractivity contribution in [3.63, 3.8) is 0 Å². The second-order valence-electron chi connectivity index (χ2n) is 6.62. The molecule has 0 aromatic heterocycles. The van der Waals surface area contributed by atoms with Crippen LogP contribution in [0.5, 0.6) is 0 Å². The van der Waals surface area contributed by atoms with Gasteiger partial charge in [-0.1, -0.05) is 60.7 Å². The van der Waals surface area contributed by atoms with Gasteiger partial charge in [0.1, 0.15) is 0 Å². The molecular formula is C24H23NO3. The molecule has 1 N–H and O–H groups in total. The van der Waals surface area contributed by atoms with Crippen LogP contribution in [-0.2, 0) is 6.42 Å². The van der Waals surface area contributed by atoms with Gasteiger partial charge in [-0.15, -0.1) is 0 Å². The minimum Gasteiger partial charge on any atom is -0.396 e. The van der Waals surface area contributed by atoms with Crippen molar-refractivity contribution >= 4 is 16.8 Å². The van der Waals surface area contributed by atoms with E-state index in [1.54, 1.807) is 12.1 Å². The molecule has 3 rings (SSSR count). The second-order valence-corrected chi connectivity index (χ2v) is 6.62. The monoisotopic (exact) mass is 373 g/mol. The zero-order valence-corrected chi connectivity index (χ0v) is 15.6. The Morgan fingerprint density at radius 3 is 1.93 bits per heavy atom. The van der Waals surface area contributed by atoms with Crippen molar-refractivity contribution in [1.82, 2.24) is 0 Å². The number of nitrogens with zero attached hydrogens (tertiary/aromatic N) is 1. The number of allylic oxidation sites excluding steroid dienone is 2. The molecule has 0 bridgehead atoms. The molecule has 0 radical (unpaired) electrons. The van der Waals surface area contributed by atoms with Crippen molar-refractivity contribution in [2.24, 2.45) is 0 Å². The SMILES string of the molecule is O=[N+]([O-])c1ccc(/C(Cc2ccccc2)=C(\CCCO)c2ccccc2)cc1. The molecule has 4 heteroatoms. The molecule has 3 aromatic rings. The quantitative estimate of drug-likeness (QED) is 0.321. The van der Waals surface area contributed by atoms with Gasteiger partial charge >= 0.3 is 0 Å². The largest absolute Gasteiger partial charge is 0.396 e. The molecule has 0 fully saturated rings. The first-order valence-electron chi connectivity index (χ1n) is 9.36. The van der Waals surface area contributed by atoms with Crippen LogP contribution >= 0.6 is 0 Å². The molecule has 0 aliphatic carbocycles. The van der Waals surface area contributed by atoms with Gasteiger partial charge in [-0.2, -0.15) is 0 Å². The fourth-order valence-electron chi connectivity index (χ4n) is 3.33. The molecule has 0 atom stereocenters. The average molecular weight is 373 g/mol. The third-order valence-corrected chi connectivity index (χ3v) is 4.72. The highest BCUT2D eigenvalue weighted by Gasteiger charge is 2.14. The van der Waals surface area contributed by atoms with E-state index < -0.39 is 0 Å². The third-order valence-electron chi connectivity index (χ3n) is 4.72. The predicted octanol–water partition coefficient (Wildman–Crippen LogP) is 5.52. The molecule has 28 heavy (non-hydrogen) atoms. The molecule has 3 aromatic carbocycles. The fraction of sp³-hybridized carbons (Fsp3) is 0.167. The molecule has 0 aliphatic rings. The molecule has 142 valence electrons. The van der Waals surface area contributed by atoms with Gasteiger partial charge in [0.15, 0.2) is 0 Å². The van der Waals surface area contributed by atoms with Crippen molar-refractivity contribution in [3.05, 3.63) is 112 Å². The van der Waals surface area contributed by atoms with Gasteiger partial charge in [0.05, 0.1) is 4.92 Å². The van der Waals surface area contributed by atoms with E-state index >= 15 is 0 Å². The summed E-state index contributed by atoms with van der Waals surface area (Å²) in [5, 5.41) is 20.4. The van der Waals surface area contributed by atoms with E-state index in [4.69, 9.17) is 0 Å². The Balaban J connectivity index is 2.13. The molecule has 0 heterocycles. The van der Waals surface area contributed by atoms with Crippen molar-refractivity contribution < 1.29 is 10.0 Å². The molecule has 0 aliphatic heterocycles. The molecule has 0 saturated carbocycles. The Morgan fingerprint density at radius 2 is 1.36 bits per heavy atom. The van der Waals surface area contributed by atoms with Crippen LogP contribution < -0.4 is 0 Å². The second kappa shape index (κ2) is 9.62. The highest BCUT2D eigenvalue weighted by atomic mass is 16.6. The van der Waals surface area contributed by atoms with Gasteiger partial charge in [-0.25, -0.2) is 0 Å². The van der Waals surface area contributed by atoms with Crippen molar-refractivity contribution in [3.8, 4) is 0 Å². The highest BCUT2D eigenvalue weighted by molar-refractivity contribution is 5.91. The minimum absolute atomic E-state index is 0.0828. The van der Waals surface area contributed by atoms with Crippen LogP contribution in [0.1, 0.15) is 29.5 Å². The van der Waals surface area contributed by atoms with Gasteiger partial charge < -0.3 is 5.11 Å². The standard InChI is InChI=1S/C24H23NO3/c26-17-7-12-23(20-10-5-2-6-11-20)24(18-19-8-3-1-4-9-19)21-13-15-22(16-14-21)25(27)28/h1-6,8-11,13-16,26H,7,12,17-18H2/b24-23+. The van der Waals surface area contributed by atoms with E-state index in [2.05, 4.69) is 24.3 Å². The summed E-state index contributed by atoms with van der Waals surface area (Å²) in [4.78, 5) is 10.7. The van der Waals surface area contributed by atoms with Gasteiger partial charge in [-0.05, 0) is 59.2 Å². The summed E-state index contributed by atoms with van der Waals surface area (Å²) in [6.45, 7) is 0.120. The molecule has 0 unspecified atom stereocenters. The highest BCUT2D eigenvalue weighted by Crippen LogP contribution is 2.33. The number of aliphatic hydroxyl groups is 1. The molecule has 0 saturated heterocycles. The number of hydrogen-bond acceptors (Lipinski definition) is 3. The van der Waals surface area contributed by atoms with Gasteiger partial charge in [0, 0.05) is 18.7 Å². The van der Waals surface area contributed by atoms with Crippen LogP contribution in [0.25, 0.3) is 11.1 Å². The summed E-state index contributed by atoms with van der Waals surface area (Å²) < 4.78 is 0. The van der Waals surface area contributed by atoms with Gasteiger partial charge in [0.25, 0.3) is 5.69 Å². The number of nitro benzene ring substituents is 1. The van der Waals surface area contributed by atoms with E-state index in [0.29, 0.717) is 12.8 Å². The van der Waals surface area contributed by atoms with E-state index in [1.165, 1.54) is 5.56 Å². The van der Waals surface area contributed by atoms with Crippen molar-refractivity contribution in [2.45, 2.75) is 19.3 Å². The molecular weight excluding hydrogens is 350 g/mol. The first-order chi connectivity index (χ1) is 13.7. The zero-order chi connectivity index (χ0) is 19.8. The maximum Gasteiger partial charge on any atom is 0.269 e. The first-order valence-corrected chi connectivity index (χ1v) is 9.36. The van der Waals surface area contributed by atoms with Crippen LogP contribution in [0, 0.1) is 10.1 Å². The van der Waals surface area contributed by atoms with Crippen LogP contribution in [-0.4, -0.2) is 16.6 Å². The summed E-state index contributed by atoms with van der Waals surface area (Å²) >= 11 is 0. The predicted molar refractivity (Wildman–Crippen MR) is 113 cm³/mol. The summed E-state index contributed by atoms with van der Waals surface area (Å²) in [7, 11) is 0. The number of benzene rings is 3. The van der Waals surface area contributed by atoms with Crippen LogP contribution in [0.2, 0.25) is 0 Å². The summed E-state index contributed by atoms with van der Waals surface area (Å²) in [5.74, 6) is 0. The smallest absolute Gasteiger partial charge is 0.269 e. The number of nitro groups is 1. The summed E-state index contributed by atoms with van der Waals surface area (Å²) in [6.07, 6.45) is 2.11. The zero-order valence-electron chi connectivity index (χ0n) is 15.6. The lowest BCUT2D eigenvalue weighted by atomic mass is 9.88. The maximum atomic E-state index is 11.0. The van der Waals surface area contributed by atoms with E-state index in [0.717, 1.165) is 28.7 Å². The Morgan fingerprint density at radius 1 is 0.786 bits per heavy atom. The summed E-state index contributed by atoms with van der Waals surface area (Å²) in [6, 6.07) is 27.1. The van der Waals surface area contributed by atoms with Crippen LogP contribution in [0.4, 0.5) is 5.69 Å².